The second kappa shape index (κ2) is 7.90. The van der Waals surface area contributed by atoms with Gasteiger partial charge in [-0.25, -0.2) is 4.79 Å². The van der Waals surface area contributed by atoms with E-state index in [0.29, 0.717) is 18.1 Å². The minimum absolute atomic E-state index is 0.301. The average Bonchev–Trinajstić information content (AvgIpc) is 2.12. The Kier molecular flexibility index (Phi) is 7.47. The van der Waals surface area contributed by atoms with Crippen LogP contribution in [0.1, 0.15) is 26.7 Å². The Labute approximate surface area is 84.2 Å². The molecule has 0 amide bonds. The molecule has 0 aliphatic heterocycles. The van der Waals surface area contributed by atoms with Crippen LogP contribution in [0.3, 0.4) is 0 Å². The van der Waals surface area contributed by atoms with Gasteiger partial charge in [0, 0.05) is 5.88 Å². The van der Waals surface area contributed by atoms with Crippen LogP contribution in [0, 0.1) is 0 Å². The van der Waals surface area contributed by atoms with E-state index in [9.17, 15) is 4.79 Å². The smallest absolute Gasteiger partial charge is 0.341 e. The van der Waals surface area contributed by atoms with Crippen molar-refractivity contribution in [2.24, 2.45) is 0 Å². The lowest BCUT2D eigenvalue weighted by Gasteiger charge is -1.97. The number of carbonyl (C=O) groups is 1. The lowest BCUT2D eigenvalue weighted by atomic mass is 10.3. The van der Waals surface area contributed by atoms with Crippen LogP contribution >= 0.6 is 11.6 Å². The predicted octanol–water partition coefficient (Wildman–Crippen LogP) is 2.67. The number of unbranched alkanes of at least 4 members (excludes halogenated alkanes) is 1. The third-order valence-electron chi connectivity index (χ3n) is 1.38. The van der Waals surface area contributed by atoms with E-state index >= 15 is 0 Å². The topological polar surface area (TPSA) is 26.3 Å². The van der Waals surface area contributed by atoms with Crippen molar-refractivity contribution in [1.29, 1.82) is 0 Å². The van der Waals surface area contributed by atoms with Gasteiger partial charge in [-0.15, -0.1) is 17.3 Å². The summed E-state index contributed by atoms with van der Waals surface area (Å²) in [5.41, 5.74) is 3.37. The SMILES string of the molecule is CCOC(=O)C(C)=C=CCCCCl. The molecular weight excluding hydrogens is 188 g/mol. The zero-order valence-corrected chi connectivity index (χ0v) is 8.86. The number of hydrogen-bond acceptors (Lipinski definition) is 2. The third-order valence-corrected chi connectivity index (χ3v) is 1.65. The highest BCUT2D eigenvalue weighted by molar-refractivity contribution is 6.17. The first-order valence-electron chi connectivity index (χ1n) is 4.37. The van der Waals surface area contributed by atoms with E-state index in [-0.39, 0.29) is 5.97 Å². The summed E-state index contributed by atoms with van der Waals surface area (Å²) >= 11 is 5.48. The van der Waals surface area contributed by atoms with Crippen molar-refractivity contribution in [2.45, 2.75) is 26.7 Å². The van der Waals surface area contributed by atoms with E-state index in [1.54, 1.807) is 13.8 Å². The van der Waals surface area contributed by atoms with Gasteiger partial charge in [-0.1, -0.05) is 0 Å². The van der Waals surface area contributed by atoms with Gasteiger partial charge in [0.15, 0.2) is 0 Å². The molecule has 0 aliphatic rings. The molecule has 0 atom stereocenters. The largest absolute Gasteiger partial charge is 0.462 e. The van der Waals surface area contributed by atoms with Crippen molar-refractivity contribution in [3.8, 4) is 0 Å². The summed E-state index contributed by atoms with van der Waals surface area (Å²) in [5, 5.41) is 0. The van der Waals surface area contributed by atoms with Crippen molar-refractivity contribution in [3.05, 3.63) is 17.4 Å². The average molecular weight is 203 g/mol. The fourth-order valence-electron chi connectivity index (χ4n) is 0.703. The van der Waals surface area contributed by atoms with Gasteiger partial charge >= 0.3 is 5.97 Å². The molecule has 0 unspecified atom stereocenters. The van der Waals surface area contributed by atoms with Gasteiger partial charge in [-0.05, 0) is 32.8 Å². The molecular formula is C10H15ClO2. The minimum atomic E-state index is -0.301. The normalized spacial score (nSPS) is 8.85. The lowest BCUT2D eigenvalue weighted by molar-refractivity contribution is -0.138. The maximum atomic E-state index is 11.0. The molecule has 0 rings (SSSR count). The van der Waals surface area contributed by atoms with Crippen LogP contribution in [0.2, 0.25) is 0 Å². The van der Waals surface area contributed by atoms with Gasteiger partial charge < -0.3 is 4.74 Å². The molecule has 0 N–H and O–H groups in total. The molecule has 0 radical (unpaired) electrons. The van der Waals surface area contributed by atoms with Crippen LogP contribution in [0.5, 0.6) is 0 Å². The molecule has 13 heavy (non-hydrogen) atoms. The van der Waals surface area contributed by atoms with Crippen LogP contribution in [0.4, 0.5) is 0 Å². The van der Waals surface area contributed by atoms with Crippen LogP contribution in [-0.4, -0.2) is 18.5 Å². The van der Waals surface area contributed by atoms with E-state index in [0.717, 1.165) is 12.8 Å². The molecule has 2 nitrogen and oxygen atoms in total. The number of alkyl halides is 1. The van der Waals surface area contributed by atoms with Crippen LogP contribution in [-0.2, 0) is 9.53 Å². The van der Waals surface area contributed by atoms with Crippen LogP contribution in [0.25, 0.3) is 0 Å². The van der Waals surface area contributed by atoms with Gasteiger partial charge in [0.2, 0.25) is 0 Å². The van der Waals surface area contributed by atoms with E-state index in [1.807, 2.05) is 6.08 Å². The number of hydrogen-bond donors (Lipinski definition) is 0. The van der Waals surface area contributed by atoms with Gasteiger partial charge in [0.25, 0.3) is 0 Å². The van der Waals surface area contributed by atoms with E-state index in [4.69, 9.17) is 16.3 Å². The first-order chi connectivity index (χ1) is 6.22. The molecule has 0 heterocycles. The first-order valence-corrected chi connectivity index (χ1v) is 4.90. The van der Waals surface area contributed by atoms with E-state index < -0.39 is 0 Å². The highest BCUT2D eigenvalue weighted by Gasteiger charge is 2.01. The maximum absolute atomic E-state index is 11.0. The third kappa shape index (κ3) is 6.44. The first kappa shape index (κ1) is 12.3. The summed E-state index contributed by atoms with van der Waals surface area (Å²) in [6.45, 7) is 3.87. The van der Waals surface area contributed by atoms with Crippen molar-refractivity contribution >= 4 is 17.6 Å². The quantitative estimate of drug-likeness (QED) is 0.225. The highest BCUT2D eigenvalue weighted by Crippen LogP contribution is 1.96. The molecule has 0 aromatic rings. The van der Waals surface area contributed by atoms with Crippen molar-refractivity contribution < 1.29 is 9.53 Å². The number of carbonyl (C=O) groups excluding carboxylic acids is 1. The Morgan fingerprint density at radius 3 is 2.85 bits per heavy atom. The van der Waals surface area contributed by atoms with Crippen LogP contribution < -0.4 is 0 Å². The summed E-state index contributed by atoms with van der Waals surface area (Å²) in [4.78, 5) is 11.0. The molecule has 74 valence electrons. The molecule has 0 aromatic heterocycles. The van der Waals surface area contributed by atoms with Gasteiger partial charge in [0.05, 0.1) is 12.2 Å². The summed E-state index contributed by atoms with van der Waals surface area (Å²) < 4.78 is 4.78. The van der Waals surface area contributed by atoms with Crippen LogP contribution in [0.15, 0.2) is 17.4 Å². The number of halogens is 1. The minimum Gasteiger partial charge on any atom is -0.462 e. The lowest BCUT2D eigenvalue weighted by Crippen LogP contribution is -2.03. The molecule has 0 bridgehead atoms. The van der Waals surface area contributed by atoms with E-state index in [1.165, 1.54) is 0 Å². The standard InChI is InChI=1S/C10H15ClO2/c1-3-13-10(12)9(2)7-5-4-6-8-11/h5H,3-4,6,8H2,1-2H3. The molecule has 0 saturated heterocycles. The Bertz CT molecular complexity index is 215. The van der Waals surface area contributed by atoms with E-state index in [2.05, 4.69) is 5.73 Å². The zero-order valence-electron chi connectivity index (χ0n) is 8.10. The molecule has 3 heteroatoms. The van der Waals surface area contributed by atoms with Gasteiger partial charge in [-0.3, -0.25) is 0 Å². The number of ether oxygens (including phenoxy) is 1. The summed E-state index contributed by atoms with van der Waals surface area (Å²) in [5.74, 6) is 0.334. The molecule has 0 aliphatic carbocycles. The van der Waals surface area contributed by atoms with Gasteiger partial charge in [-0.2, -0.15) is 0 Å². The van der Waals surface area contributed by atoms with Gasteiger partial charge in [0.1, 0.15) is 0 Å². The molecule has 0 aromatic carbocycles. The molecule has 0 spiro atoms. The Hall–Kier alpha value is -0.720. The predicted molar refractivity (Wildman–Crippen MR) is 53.9 cm³/mol. The highest BCUT2D eigenvalue weighted by atomic mass is 35.5. The summed E-state index contributed by atoms with van der Waals surface area (Å²) in [6, 6.07) is 0. The Balaban J connectivity index is 3.98. The van der Waals surface area contributed by atoms with Crippen molar-refractivity contribution in [2.75, 3.05) is 12.5 Å². The number of esters is 1. The fraction of sp³-hybridized carbons (Fsp3) is 0.600. The van der Waals surface area contributed by atoms with Crippen molar-refractivity contribution in [3.63, 3.8) is 0 Å². The number of rotatable bonds is 5. The Morgan fingerprint density at radius 1 is 1.62 bits per heavy atom. The summed E-state index contributed by atoms with van der Waals surface area (Å²) in [6.07, 6.45) is 3.57. The zero-order chi connectivity index (χ0) is 10.1. The second-order valence-corrected chi connectivity index (χ2v) is 2.90. The Morgan fingerprint density at radius 2 is 2.31 bits per heavy atom. The monoisotopic (exact) mass is 202 g/mol. The second-order valence-electron chi connectivity index (χ2n) is 2.53. The van der Waals surface area contributed by atoms with Crippen molar-refractivity contribution in [1.82, 2.24) is 0 Å². The fourth-order valence-corrected chi connectivity index (χ4v) is 0.857. The summed E-state index contributed by atoms with van der Waals surface area (Å²) in [7, 11) is 0. The molecule has 0 saturated carbocycles. The maximum Gasteiger partial charge on any atom is 0.341 e. The molecule has 0 fully saturated rings.